The number of aryl methyl sites for hydroxylation is 1. The molecule has 3 aliphatic carbocycles. The molecule has 0 aliphatic heterocycles. The predicted molar refractivity (Wildman–Crippen MR) is 171 cm³/mol. The topological polar surface area (TPSA) is 108 Å². The highest BCUT2D eigenvalue weighted by Gasteiger charge is 2.39. The van der Waals surface area contributed by atoms with Gasteiger partial charge in [-0.2, -0.15) is 0 Å². The van der Waals surface area contributed by atoms with Gasteiger partial charge in [0.1, 0.15) is 6.10 Å². The van der Waals surface area contributed by atoms with Crippen molar-refractivity contribution >= 4 is 28.9 Å². The maximum absolute atomic E-state index is 13.7. The second-order valence-corrected chi connectivity index (χ2v) is 12.7. The van der Waals surface area contributed by atoms with Crippen LogP contribution in [0.5, 0.6) is 0 Å². The van der Waals surface area contributed by atoms with Crippen molar-refractivity contribution in [1.82, 2.24) is 0 Å². The van der Waals surface area contributed by atoms with Crippen LogP contribution in [0.15, 0.2) is 54.6 Å². The number of ether oxygens (including phenoxy) is 2. The van der Waals surface area contributed by atoms with E-state index < -0.39 is 5.97 Å². The van der Waals surface area contributed by atoms with Gasteiger partial charge in [0.15, 0.2) is 11.6 Å². The second kappa shape index (κ2) is 12.9. The molecule has 0 radical (unpaired) electrons. The number of rotatable bonds is 9. The molecule has 4 atom stereocenters. The van der Waals surface area contributed by atoms with E-state index in [-0.39, 0.29) is 40.0 Å². The Balaban J connectivity index is 1.24. The molecule has 0 aromatic heterocycles. The Morgan fingerprint density at radius 3 is 2.20 bits per heavy atom. The SMILES string of the molecule is CCCCOC1CCC2CC(OC(=O)c3cc(NCc4ccc(C)cc4)c4c(c3N)C(=O)c3ccccc3C4=O)CCC2C1. The summed E-state index contributed by atoms with van der Waals surface area (Å²) in [5.41, 5.74) is 10.1. The monoisotopic (exact) mass is 594 g/mol. The van der Waals surface area contributed by atoms with E-state index in [1.54, 1.807) is 30.3 Å². The summed E-state index contributed by atoms with van der Waals surface area (Å²) in [6.07, 6.45) is 8.22. The third-order valence-corrected chi connectivity index (χ3v) is 9.70. The van der Waals surface area contributed by atoms with Crippen LogP contribution in [0, 0.1) is 18.8 Å². The number of benzene rings is 3. The molecule has 6 rings (SSSR count). The number of nitrogens with two attached hydrogens (primary N) is 1. The van der Waals surface area contributed by atoms with Gasteiger partial charge in [-0.25, -0.2) is 4.79 Å². The molecule has 4 unspecified atom stereocenters. The largest absolute Gasteiger partial charge is 0.459 e. The van der Waals surface area contributed by atoms with E-state index >= 15 is 0 Å². The van der Waals surface area contributed by atoms with Crippen LogP contribution in [0.1, 0.15) is 112 Å². The molecule has 7 nitrogen and oxygen atoms in total. The van der Waals surface area contributed by atoms with Gasteiger partial charge in [-0.05, 0) is 75.3 Å². The summed E-state index contributed by atoms with van der Waals surface area (Å²) in [6, 6.07) is 16.4. The molecule has 0 saturated heterocycles. The third kappa shape index (κ3) is 6.03. The lowest BCUT2D eigenvalue weighted by Crippen LogP contribution is -2.37. The average Bonchev–Trinajstić information content (AvgIpc) is 3.03. The molecule has 2 fully saturated rings. The molecule has 0 spiro atoms. The fourth-order valence-corrected chi connectivity index (χ4v) is 7.20. The smallest absolute Gasteiger partial charge is 0.340 e. The Labute approximate surface area is 259 Å². The van der Waals surface area contributed by atoms with E-state index in [1.807, 2.05) is 31.2 Å². The van der Waals surface area contributed by atoms with Gasteiger partial charge in [0.25, 0.3) is 0 Å². The quantitative estimate of drug-likeness (QED) is 0.119. The van der Waals surface area contributed by atoms with Gasteiger partial charge in [0.05, 0.1) is 28.5 Å². The molecule has 230 valence electrons. The van der Waals surface area contributed by atoms with E-state index in [0.717, 1.165) is 69.1 Å². The Bertz CT molecular complexity index is 1560. The van der Waals surface area contributed by atoms with E-state index in [0.29, 0.717) is 41.3 Å². The van der Waals surface area contributed by atoms with Gasteiger partial charge in [-0.1, -0.05) is 67.4 Å². The van der Waals surface area contributed by atoms with Crippen molar-refractivity contribution in [1.29, 1.82) is 0 Å². The molecule has 0 amide bonds. The number of nitrogens with one attached hydrogen (secondary N) is 1. The molecule has 7 heteroatoms. The van der Waals surface area contributed by atoms with E-state index in [9.17, 15) is 14.4 Å². The fourth-order valence-electron chi connectivity index (χ4n) is 7.20. The van der Waals surface area contributed by atoms with Crippen LogP contribution >= 0.6 is 0 Å². The van der Waals surface area contributed by atoms with Crippen molar-refractivity contribution < 1.29 is 23.9 Å². The summed E-state index contributed by atoms with van der Waals surface area (Å²) in [5.74, 6) is -0.0980. The van der Waals surface area contributed by atoms with Crippen LogP contribution < -0.4 is 11.1 Å². The summed E-state index contributed by atoms with van der Waals surface area (Å²) in [6.45, 7) is 5.44. The van der Waals surface area contributed by atoms with Crippen LogP contribution in [0.3, 0.4) is 0 Å². The highest BCUT2D eigenvalue weighted by atomic mass is 16.5. The zero-order valence-electron chi connectivity index (χ0n) is 25.7. The lowest BCUT2D eigenvalue weighted by Gasteiger charge is -2.41. The average molecular weight is 595 g/mol. The van der Waals surface area contributed by atoms with Gasteiger partial charge in [-0.3, -0.25) is 9.59 Å². The zero-order valence-corrected chi connectivity index (χ0v) is 25.7. The van der Waals surface area contributed by atoms with Crippen molar-refractivity contribution in [3.05, 3.63) is 93.5 Å². The zero-order chi connectivity index (χ0) is 30.8. The Hall–Kier alpha value is -3.97. The summed E-state index contributed by atoms with van der Waals surface area (Å²) in [7, 11) is 0. The molecule has 3 aromatic carbocycles. The number of carbonyl (C=O) groups excluding carboxylic acids is 3. The first-order chi connectivity index (χ1) is 21.3. The normalized spacial score (nSPS) is 22.5. The van der Waals surface area contributed by atoms with E-state index in [1.165, 1.54) is 0 Å². The maximum Gasteiger partial charge on any atom is 0.340 e. The van der Waals surface area contributed by atoms with Crippen molar-refractivity contribution in [2.45, 2.75) is 84.0 Å². The van der Waals surface area contributed by atoms with Crippen LogP contribution in [0.25, 0.3) is 0 Å². The molecule has 2 saturated carbocycles. The number of ketones is 2. The van der Waals surface area contributed by atoms with Crippen LogP contribution in [0.4, 0.5) is 11.4 Å². The molecule has 0 bridgehead atoms. The first kappa shape index (κ1) is 30.1. The minimum Gasteiger partial charge on any atom is -0.459 e. The summed E-state index contributed by atoms with van der Waals surface area (Å²) >= 11 is 0. The van der Waals surface area contributed by atoms with Crippen molar-refractivity contribution in [2.75, 3.05) is 17.7 Å². The number of nitrogen functional groups attached to an aromatic ring is 1. The van der Waals surface area contributed by atoms with Gasteiger partial charge < -0.3 is 20.5 Å². The minimum absolute atomic E-state index is 0.00263. The van der Waals surface area contributed by atoms with Crippen molar-refractivity contribution in [3.63, 3.8) is 0 Å². The second-order valence-electron chi connectivity index (χ2n) is 12.7. The number of hydrogen-bond donors (Lipinski definition) is 2. The van der Waals surface area contributed by atoms with Crippen molar-refractivity contribution in [3.8, 4) is 0 Å². The number of hydrogen-bond acceptors (Lipinski definition) is 7. The third-order valence-electron chi connectivity index (χ3n) is 9.70. The van der Waals surface area contributed by atoms with E-state index in [4.69, 9.17) is 15.2 Å². The van der Waals surface area contributed by atoms with Gasteiger partial charge in [0.2, 0.25) is 0 Å². The lowest BCUT2D eigenvalue weighted by molar-refractivity contribution is -0.0404. The summed E-state index contributed by atoms with van der Waals surface area (Å²) < 4.78 is 12.2. The molecular weight excluding hydrogens is 552 g/mol. The number of esters is 1. The molecule has 3 aliphatic rings. The molecule has 3 aromatic rings. The first-order valence-electron chi connectivity index (χ1n) is 16.1. The van der Waals surface area contributed by atoms with Crippen LogP contribution in [-0.4, -0.2) is 36.4 Å². The Morgan fingerprint density at radius 2 is 1.52 bits per heavy atom. The molecular formula is C37H42N2O5. The highest BCUT2D eigenvalue weighted by molar-refractivity contribution is 6.32. The molecule has 0 heterocycles. The Kier molecular flexibility index (Phi) is 8.85. The van der Waals surface area contributed by atoms with Gasteiger partial charge in [0, 0.05) is 30.0 Å². The summed E-state index contributed by atoms with van der Waals surface area (Å²) in [4.78, 5) is 41.2. The lowest BCUT2D eigenvalue weighted by atomic mass is 9.69. The first-order valence-corrected chi connectivity index (χ1v) is 16.1. The van der Waals surface area contributed by atoms with Crippen molar-refractivity contribution in [2.24, 2.45) is 11.8 Å². The van der Waals surface area contributed by atoms with Crippen LogP contribution in [0.2, 0.25) is 0 Å². The predicted octanol–water partition coefficient (Wildman–Crippen LogP) is 7.28. The van der Waals surface area contributed by atoms with E-state index in [2.05, 4.69) is 12.2 Å². The Morgan fingerprint density at radius 1 is 0.886 bits per heavy atom. The molecule has 44 heavy (non-hydrogen) atoms. The number of unbranched alkanes of at least 4 members (excludes halogenated alkanes) is 1. The number of fused-ring (bicyclic) bond motifs is 3. The number of carbonyl (C=O) groups is 3. The van der Waals surface area contributed by atoms with Gasteiger partial charge >= 0.3 is 5.97 Å². The van der Waals surface area contributed by atoms with Crippen LogP contribution in [-0.2, 0) is 16.0 Å². The standard InChI is InChI=1S/C37H42N2O5/c1-3-4-17-43-26-15-13-25-19-27(16-14-24(25)18-26)44-37(42)30-20-31(39-21-23-11-9-22(2)10-12-23)32-33(34(30)38)36(41)29-8-6-5-7-28(29)35(32)40/h5-12,20,24-27,39H,3-4,13-19,21,38H2,1-2H3. The number of anilines is 2. The highest BCUT2D eigenvalue weighted by Crippen LogP contribution is 2.43. The summed E-state index contributed by atoms with van der Waals surface area (Å²) in [5, 5.41) is 3.33. The fraction of sp³-hybridized carbons (Fsp3) is 0.432. The maximum atomic E-state index is 13.7. The van der Waals surface area contributed by atoms with Gasteiger partial charge in [-0.15, -0.1) is 0 Å². The minimum atomic E-state index is -0.553. The molecule has 3 N–H and O–H groups in total.